The van der Waals surface area contributed by atoms with E-state index in [4.69, 9.17) is 10.5 Å². The van der Waals surface area contributed by atoms with Gasteiger partial charge in [0.15, 0.2) is 5.78 Å². The third-order valence-electron chi connectivity index (χ3n) is 6.49. The maximum Gasteiger partial charge on any atom is 0.409 e. The Morgan fingerprint density at radius 2 is 2.00 bits per heavy atom. The van der Waals surface area contributed by atoms with Crippen molar-refractivity contribution in [3.8, 4) is 0 Å². The number of benzene rings is 1. The molecule has 1 aromatic heterocycles. The van der Waals surface area contributed by atoms with Crippen LogP contribution >= 0.6 is 0 Å². The second kappa shape index (κ2) is 11.9. The molecular formula is C25H36F2N6O3. The second-order valence-corrected chi connectivity index (χ2v) is 9.53. The Labute approximate surface area is 210 Å². The van der Waals surface area contributed by atoms with Crippen LogP contribution in [-0.2, 0) is 22.0 Å². The Kier molecular flexibility index (Phi) is 9.13. The Morgan fingerprint density at radius 1 is 1.31 bits per heavy atom. The number of halogens is 2. The highest BCUT2D eigenvalue weighted by Gasteiger charge is 2.35. The van der Waals surface area contributed by atoms with E-state index in [9.17, 15) is 18.4 Å². The van der Waals surface area contributed by atoms with Gasteiger partial charge in [-0.1, -0.05) is 37.3 Å². The third kappa shape index (κ3) is 7.30. The highest BCUT2D eigenvalue weighted by molar-refractivity contribution is 5.87. The lowest BCUT2D eigenvalue weighted by Crippen LogP contribution is -2.53. The summed E-state index contributed by atoms with van der Waals surface area (Å²) in [5.41, 5.74) is 4.96. The first kappa shape index (κ1) is 27.7. The summed E-state index contributed by atoms with van der Waals surface area (Å²) in [5, 5.41) is 7.36. The van der Waals surface area contributed by atoms with E-state index in [0.29, 0.717) is 5.82 Å². The molecule has 1 amide bonds. The van der Waals surface area contributed by atoms with Crippen LogP contribution < -0.4 is 11.1 Å². The molecule has 1 aliphatic carbocycles. The number of nitrogens with two attached hydrogens (primary N) is 1. The topological polar surface area (TPSA) is 115 Å². The third-order valence-corrected chi connectivity index (χ3v) is 6.49. The van der Waals surface area contributed by atoms with Gasteiger partial charge in [-0.3, -0.25) is 4.79 Å². The first-order chi connectivity index (χ1) is 17.0. The number of carbonyl (C=O) groups excluding carboxylic acids is 2. The fourth-order valence-electron chi connectivity index (χ4n) is 3.96. The monoisotopic (exact) mass is 506 g/mol. The number of Topliss-reactive ketones (excluding diaryl/α,β-unsaturated/α-hetero) is 1. The summed E-state index contributed by atoms with van der Waals surface area (Å²) in [6, 6.07) is 7.22. The first-order valence-corrected chi connectivity index (χ1v) is 12.3. The Balaban J connectivity index is 1.70. The zero-order valence-corrected chi connectivity index (χ0v) is 21.1. The van der Waals surface area contributed by atoms with Crippen molar-refractivity contribution in [1.29, 1.82) is 0 Å². The van der Waals surface area contributed by atoms with E-state index in [-0.39, 0.29) is 49.9 Å². The summed E-state index contributed by atoms with van der Waals surface area (Å²) in [6.45, 7) is 3.68. The number of rotatable bonds is 14. The SMILES string of the molecule is CCC(=O)C(C)(N)CNC(CCC(F)(F)c1ccccc1)c1ncnn1CCOC(=O)N(C)C1CC1. The summed E-state index contributed by atoms with van der Waals surface area (Å²) in [6.07, 6.45) is 2.69. The van der Waals surface area contributed by atoms with Gasteiger partial charge in [0.25, 0.3) is 5.92 Å². The molecule has 1 heterocycles. The fourth-order valence-corrected chi connectivity index (χ4v) is 3.96. The van der Waals surface area contributed by atoms with Gasteiger partial charge in [0.05, 0.1) is 18.1 Å². The predicted molar refractivity (Wildman–Crippen MR) is 130 cm³/mol. The van der Waals surface area contributed by atoms with Gasteiger partial charge in [-0.15, -0.1) is 0 Å². The average Bonchev–Trinajstić information content (AvgIpc) is 3.62. The van der Waals surface area contributed by atoms with Crippen molar-refractivity contribution in [2.24, 2.45) is 5.73 Å². The van der Waals surface area contributed by atoms with E-state index in [0.717, 1.165) is 12.8 Å². The lowest BCUT2D eigenvalue weighted by molar-refractivity contribution is -0.123. The highest BCUT2D eigenvalue weighted by Crippen LogP contribution is 2.35. The van der Waals surface area contributed by atoms with Gasteiger partial charge in [-0.25, -0.2) is 23.2 Å². The van der Waals surface area contributed by atoms with Crippen LogP contribution in [0.2, 0.25) is 0 Å². The van der Waals surface area contributed by atoms with Gasteiger partial charge in [-0.2, -0.15) is 5.10 Å². The molecule has 2 aromatic rings. The lowest BCUT2D eigenvalue weighted by atomic mass is 9.94. The van der Waals surface area contributed by atoms with Crippen LogP contribution in [0.4, 0.5) is 13.6 Å². The van der Waals surface area contributed by atoms with Crippen LogP contribution in [0, 0.1) is 0 Å². The van der Waals surface area contributed by atoms with Crippen molar-refractivity contribution in [3.63, 3.8) is 0 Å². The van der Waals surface area contributed by atoms with Crippen molar-refractivity contribution in [2.45, 2.75) is 76.0 Å². The molecular weight excluding hydrogens is 470 g/mol. The van der Waals surface area contributed by atoms with Gasteiger partial charge in [0.1, 0.15) is 18.8 Å². The number of hydrogen-bond donors (Lipinski definition) is 2. The molecule has 1 saturated carbocycles. The quantitative estimate of drug-likeness (QED) is 0.403. The normalized spacial score (nSPS) is 16.3. The first-order valence-electron chi connectivity index (χ1n) is 12.3. The van der Waals surface area contributed by atoms with Crippen LogP contribution in [0.5, 0.6) is 0 Å². The number of nitrogens with one attached hydrogen (secondary N) is 1. The summed E-state index contributed by atoms with van der Waals surface area (Å²) >= 11 is 0. The van der Waals surface area contributed by atoms with E-state index in [1.807, 2.05) is 0 Å². The number of nitrogens with zero attached hydrogens (tertiary/aromatic N) is 4. The molecule has 2 atom stereocenters. The molecule has 1 aliphatic rings. The van der Waals surface area contributed by atoms with E-state index in [2.05, 4.69) is 15.4 Å². The summed E-state index contributed by atoms with van der Waals surface area (Å²) in [5.74, 6) is -2.79. The summed E-state index contributed by atoms with van der Waals surface area (Å²) in [4.78, 5) is 30.3. The lowest BCUT2D eigenvalue weighted by Gasteiger charge is -2.28. The molecule has 0 spiro atoms. The molecule has 36 heavy (non-hydrogen) atoms. The minimum Gasteiger partial charge on any atom is -0.447 e. The van der Waals surface area contributed by atoms with Gasteiger partial charge < -0.3 is 20.7 Å². The number of hydrogen-bond acceptors (Lipinski definition) is 7. The summed E-state index contributed by atoms with van der Waals surface area (Å²) in [7, 11) is 1.70. The van der Waals surface area contributed by atoms with Crippen LogP contribution in [0.1, 0.15) is 63.4 Å². The highest BCUT2D eigenvalue weighted by atomic mass is 19.3. The predicted octanol–water partition coefficient (Wildman–Crippen LogP) is 3.41. The summed E-state index contributed by atoms with van der Waals surface area (Å²) < 4.78 is 36.7. The molecule has 0 aliphatic heterocycles. The Bertz CT molecular complexity index is 1010. The van der Waals surface area contributed by atoms with Gasteiger partial charge >= 0.3 is 6.09 Å². The molecule has 0 saturated heterocycles. The molecule has 11 heteroatoms. The zero-order valence-electron chi connectivity index (χ0n) is 21.1. The molecule has 3 N–H and O–H groups in total. The van der Waals surface area contributed by atoms with Crippen LogP contribution in [0.15, 0.2) is 36.7 Å². The van der Waals surface area contributed by atoms with E-state index < -0.39 is 30.0 Å². The van der Waals surface area contributed by atoms with E-state index in [1.165, 1.54) is 23.1 Å². The Morgan fingerprint density at radius 3 is 2.64 bits per heavy atom. The van der Waals surface area contributed by atoms with Crippen molar-refractivity contribution >= 4 is 11.9 Å². The average molecular weight is 507 g/mol. The molecule has 1 aromatic carbocycles. The van der Waals surface area contributed by atoms with Crippen LogP contribution in [0.3, 0.4) is 0 Å². The fraction of sp³-hybridized carbons (Fsp3) is 0.600. The number of aromatic nitrogens is 3. The van der Waals surface area contributed by atoms with Crippen molar-refractivity contribution in [3.05, 3.63) is 48.0 Å². The largest absolute Gasteiger partial charge is 0.447 e. The molecule has 0 radical (unpaired) electrons. The molecule has 2 unspecified atom stereocenters. The molecule has 1 fully saturated rings. The van der Waals surface area contributed by atoms with Gasteiger partial charge in [0.2, 0.25) is 0 Å². The number of ketones is 1. The second-order valence-electron chi connectivity index (χ2n) is 9.53. The van der Waals surface area contributed by atoms with Crippen LogP contribution in [-0.4, -0.2) is 63.3 Å². The molecule has 0 bridgehead atoms. The zero-order chi connectivity index (χ0) is 26.3. The molecule has 3 rings (SSSR count). The number of alkyl halides is 2. The standard InChI is InChI=1S/C25H36F2N6O3/c1-4-21(34)24(2,28)16-29-20(12-13-25(26,27)18-8-6-5-7-9-18)22-30-17-31-33(22)14-15-36-23(35)32(3)19-10-11-19/h5-9,17,19-20,29H,4,10-16,28H2,1-3H3. The van der Waals surface area contributed by atoms with E-state index in [1.54, 1.807) is 44.0 Å². The van der Waals surface area contributed by atoms with Crippen molar-refractivity contribution < 1.29 is 23.1 Å². The molecule has 9 nitrogen and oxygen atoms in total. The minimum atomic E-state index is -3.06. The maximum atomic E-state index is 14.9. The number of ether oxygens (including phenoxy) is 1. The maximum absolute atomic E-state index is 14.9. The number of amides is 1. The smallest absolute Gasteiger partial charge is 0.409 e. The van der Waals surface area contributed by atoms with Crippen molar-refractivity contribution in [2.75, 3.05) is 20.2 Å². The van der Waals surface area contributed by atoms with Gasteiger partial charge in [0, 0.05) is 38.0 Å². The van der Waals surface area contributed by atoms with E-state index >= 15 is 0 Å². The van der Waals surface area contributed by atoms with Gasteiger partial charge in [-0.05, 0) is 26.2 Å². The molecule has 198 valence electrons. The number of carbonyl (C=O) groups is 2. The Hall–Kier alpha value is -2.92. The van der Waals surface area contributed by atoms with Crippen molar-refractivity contribution in [1.82, 2.24) is 25.0 Å². The minimum absolute atomic E-state index is 0.0151. The van der Waals surface area contributed by atoms with Crippen LogP contribution in [0.25, 0.3) is 0 Å².